The summed E-state index contributed by atoms with van der Waals surface area (Å²) in [4.78, 5) is 28.0. The van der Waals surface area contributed by atoms with Gasteiger partial charge in [0.25, 0.3) is 5.91 Å². The molecule has 0 fully saturated rings. The zero-order valence-corrected chi connectivity index (χ0v) is 11.0. The standard InChI is InChI=1S/C10H7IN4O3/c11-6-1-3-8(12-5-6)14-10(16)7-2-4-9(13-7)15(17)18/h1-5,13H,(H,12,14,16). The Bertz CT molecular complexity index is 593. The molecule has 0 bridgehead atoms. The van der Waals surface area contributed by atoms with Gasteiger partial charge in [-0.3, -0.25) is 4.79 Å². The second-order valence-electron chi connectivity index (χ2n) is 3.33. The first-order chi connectivity index (χ1) is 8.56. The Morgan fingerprint density at radius 3 is 2.72 bits per heavy atom. The molecule has 92 valence electrons. The molecule has 8 heteroatoms. The molecule has 2 N–H and O–H groups in total. The summed E-state index contributed by atoms with van der Waals surface area (Å²) in [7, 11) is 0. The van der Waals surface area contributed by atoms with Crippen molar-refractivity contribution in [3.63, 3.8) is 0 Å². The highest BCUT2D eigenvalue weighted by Crippen LogP contribution is 2.12. The number of nitrogens with one attached hydrogen (secondary N) is 2. The van der Waals surface area contributed by atoms with Crippen LogP contribution in [0.2, 0.25) is 0 Å². The van der Waals surface area contributed by atoms with E-state index in [-0.39, 0.29) is 11.5 Å². The van der Waals surface area contributed by atoms with E-state index in [0.717, 1.165) is 3.57 Å². The number of rotatable bonds is 3. The summed E-state index contributed by atoms with van der Waals surface area (Å²) in [6.45, 7) is 0. The molecule has 0 saturated heterocycles. The number of hydrogen-bond donors (Lipinski definition) is 2. The minimum absolute atomic E-state index is 0.113. The molecule has 0 aromatic carbocycles. The third-order valence-corrected chi connectivity index (χ3v) is 2.72. The number of amides is 1. The van der Waals surface area contributed by atoms with Gasteiger partial charge in [0.2, 0.25) is 0 Å². The van der Waals surface area contributed by atoms with Crippen LogP contribution in [0.1, 0.15) is 10.5 Å². The van der Waals surface area contributed by atoms with Crippen molar-refractivity contribution < 1.29 is 9.72 Å². The first kappa shape index (κ1) is 12.5. The van der Waals surface area contributed by atoms with Gasteiger partial charge in [-0.1, -0.05) is 0 Å². The van der Waals surface area contributed by atoms with Gasteiger partial charge in [0.15, 0.2) is 5.69 Å². The Morgan fingerprint density at radius 2 is 2.17 bits per heavy atom. The molecule has 0 spiro atoms. The molecule has 0 radical (unpaired) electrons. The SMILES string of the molecule is O=C(Nc1ccc(I)cn1)c1ccc([N+](=O)[O-])[nH]1. The van der Waals surface area contributed by atoms with Gasteiger partial charge in [0.05, 0.1) is 0 Å². The molecule has 2 aromatic rings. The van der Waals surface area contributed by atoms with E-state index in [2.05, 4.69) is 37.9 Å². The lowest BCUT2D eigenvalue weighted by Gasteiger charge is -2.00. The zero-order chi connectivity index (χ0) is 13.1. The molecular formula is C10H7IN4O3. The van der Waals surface area contributed by atoms with Crippen LogP contribution >= 0.6 is 22.6 Å². The summed E-state index contributed by atoms with van der Waals surface area (Å²) >= 11 is 2.10. The zero-order valence-electron chi connectivity index (χ0n) is 8.88. The minimum Gasteiger partial charge on any atom is -0.358 e. The normalized spacial score (nSPS) is 10.1. The summed E-state index contributed by atoms with van der Waals surface area (Å²) in [5, 5.41) is 13.0. The molecule has 18 heavy (non-hydrogen) atoms. The topological polar surface area (TPSA) is 101 Å². The number of carbonyl (C=O) groups is 1. The van der Waals surface area contributed by atoms with Crippen LogP contribution in [0.4, 0.5) is 11.6 Å². The van der Waals surface area contributed by atoms with E-state index in [1.165, 1.54) is 12.1 Å². The van der Waals surface area contributed by atoms with Crippen LogP contribution in [0.5, 0.6) is 0 Å². The molecule has 0 aliphatic rings. The lowest BCUT2D eigenvalue weighted by Crippen LogP contribution is -2.13. The van der Waals surface area contributed by atoms with Crippen LogP contribution in [0.25, 0.3) is 0 Å². The third kappa shape index (κ3) is 2.83. The molecule has 0 atom stereocenters. The second kappa shape index (κ2) is 5.12. The number of carbonyl (C=O) groups excluding carboxylic acids is 1. The molecule has 0 aliphatic carbocycles. The van der Waals surface area contributed by atoms with Crippen molar-refractivity contribution >= 4 is 40.1 Å². The fraction of sp³-hybridized carbons (Fsp3) is 0. The first-order valence-corrected chi connectivity index (χ1v) is 5.90. The van der Waals surface area contributed by atoms with Crippen molar-refractivity contribution in [2.45, 2.75) is 0 Å². The van der Waals surface area contributed by atoms with E-state index in [4.69, 9.17) is 0 Å². The van der Waals surface area contributed by atoms with Crippen molar-refractivity contribution in [2.75, 3.05) is 5.32 Å². The summed E-state index contributed by atoms with van der Waals surface area (Å²) in [6.07, 6.45) is 1.60. The largest absolute Gasteiger partial charge is 0.358 e. The Morgan fingerprint density at radius 1 is 1.39 bits per heavy atom. The molecule has 0 aliphatic heterocycles. The maximum atomic E-state index is 11.7. The van der Waals surface area contributed by atoms with Gasteiger partial charge in [0.1, 0.15) is 5.82 Å². The number of H-pyrrole nitrogens is 1. The molecule has 0 unspecified atom stereocenters. The van der Waals surface area contributed by atoms with Crippen LogP contribution in [-0.4, -0.2) is 20.8 Å². The molecule has 0 saturated carbocycles. The van der Waals surface area contributed by atoms with Crippen molar-refractivity contribution in [3.8, 4) is 0 Å². The Balaban J connectivity index is 2.11. The van der Waals surface area contributed by atoms with Crippen molar-refractivity contribution in [1.29, 1.82) is 0 Å². The summed E-state index contributed by atoms with van der Waals surface area (Å²) in [6, 6.07) is 6.02. The first-order valence-electron chi connectivity index (χ1n) is 4.82. The van der Waals surface area contributed by atoms with E-state index in [0.29, 0.717) is 5.82 Å². The van der Waals surface area contributed by atoms with E-state index in [1.54, 1.807) is 18.3 Å². The summed E-state index contributed by atoms with van der Waals surface area (Å²) in [5.41, 5.74) is 0.113. The smallest absolute Gasteiger partial charge is 0.321 e. The molecule has 7 nitrogen and oxygen atoms in total. The predicted molar refractivity (Wildman–Crippen MR) is 72.4 cm³/mol. The van der Waals surface area contributed by atoms with E-state index in [1.807, 2.05) is 0 Å². The summed E-state index contributed by atoms with van der Waals surface area (Å²) in [5.74, 6) is -0.315. The number of pyridine rings is 1. The number of aromatic nitrogens is 2. The quantitative estimate of drug-likeness (QED) is 0.499. The lowest BCUT2D eigenvalue weighted by molar-refractivity contribution is -0.389. The van der Waals surface area contributed by atoms with Crippen LogP contribution < -0.4 is 5.32 Å². The van der Waals surface area contributed by atoms with Gasteiger partial charge in [-0.05, 0) is 45.7 Å². The third-order valence-electron chi connectivity index (χ3n) is 2.08. The monoisotopic (exact) mass is 358 g/mol. The average molecular weight is 358 g/mol. The highest BCUT2D eigenvalue weighted by molar-refractivity contribution is 14.1. The van der Waals surface area contributed by atoms with Gasteiger partial charge in [-0.2, -0.15) is 0 Å². The predicted octanol–water partition coefficient (Wildman–Crippen LogP) is 2.17. The van der Waals surface area contributed by atoms with Gasteiger partial charge in [0, 0.05) is 15.8 Å². The number of halogens is 1. The molecular weight excluding hydrogens is 351 g/mol. The number of nitrogens with zero attached hydrogens (tertiary/aromatic N) is 2. The van der Waals surface area contributed by atoms with Crippen molar-refractivity contribution in [2.24, 2.45) is 0 Å². The maximum Gasteiger partial charge on any atom is 0.321 e. The minimum atomic E-state index is -0.597. The average Bonchev–Trinajstić information content (AvgIpc) is 2.81. The van der Waals surface area contributed by atoms with Crippen LogP contribution in [0.15, 0.2) is 30.5 Å². The highest BCUT2D eigenvalue weighted by Gasteiger charge is 2.15. The number of anilines is 1. The van der Waals surface area contributed by atoms with Gasteiger partial charge >= 0.3 is 5.82 Å². The Kier molecular flexibility index (Phi) is 3.55. The molecule has 2 heterocycles. The van der Waals surface area contributed by atoms with Gasteiger partial charge < -0.3 is 15.4 Å². The van der Waals surface area contributed by atoms with Crippen LogP contribution in [0, 0.1) is 13.7 Å². The lowest BCUT2D eigenvalue weighted by atomic mass is 10.4. The number of hydrogen-bond acceptors (Lipinski definition) is 4. The maximum absolute atomic E-state index is 11.7. The van der Waals surface area contributed by atoms with E-state index >= 15 is 0 Å². The van der Waals surface area contributed by atoms with Crippen LogP contribution in [-0.2, 0) is 0 Å². The van der Waals surface area contributed by atoms with E-state index in [9.17, 15) is 14.9 Å². The van der Waals surface area contributed by atoms with Crippen molar-refractivity contribution in [3.05, 3.63) is 49.8 Å². The highest BCUT2D eigenvalue weighted by atomic mass is 127. The fourth-order valence-corrected chi connectivity index (χ4v) is 1.58. The fourth-order valence-electron chi connectivity index (χ4n) is 1.26. The van der Waals surface area contributed by atoms with Gasteiger partial charge in [-0.25, -0.2) is 9.97 Å². The van der Waals surface area contributed by atoms with Crippen molar-refractivity contribution in [1.82, 2.24) is 9.97 Å². The Hall–Kier alpha value is -1.97. The van der Waals surface area contributed by atoms with Crippen LogP contribution in [0.3, 0.4) is 0 Å². The molecule has 2 aromatic heterocycles. The molecule has 2 rings (SSSR count). The van der Waals surface area contributed by atoms with E-state index < -0.39 is 10.8 Å². The Labute approximate surface area is 115 Å². The van der Waals surface area contributed by atoms with Gasteiger partial charge in [-0.15, -0.1) is 0 Å². The molecule has 1 amide bonds. The number of nitro groups is 1. The number of aromatic amines is 1. The summed E-state index contributed by atoms with van der Waals surface area (Å²) < 4.78 is 0.945. The second-order valence-corrected chi connectivity index (χ2v) is 4.58.